The highest BCUT2D eigenvalue weighted by Gasteiger charge is 2.24. The van der Waals surface area contributed by atoms with Crippen LogP contribution in [-0.2, 0) is 10.0 Å². The molecule has 1 rings (SSSR count). The molecule has 0 spiro atoms. The monoisotopic (exact) mass is 220 g/mol. The summed E-state index contributed by atoms with van der Waals surface area (Å²) in [5.74, 6) is 0. The minimum atomic E-state index is -3.10. The maximum atomic E-state index is 11.6. The summed E-state index contributed by atoms with van der Waals surface area (Å²) < 4.78 is 25.9. The minimum absolute atomic E-state index is 0.110. The molecule has 0 amide bonds. The van der Waals surface area contributed by atoms with E-state index >= 15 is 0 Å². The second kappa shape index (κ2) is 4.59. The number of sulfonamides is 1. The summed E-state index contributed by atoms with van der Waals surface area (Å²) in [6, 6.07) is 0.516. The van der Waals surface area contributed by atoms with Crippen molar-refractivity contribution >= 4 is 10.0 Å². The van der Waals surface area contributed by atoms with E-state index in [2.05, 4.69) is 17.0 Å². The molecule has 14 heavy (non-hydrogen) atoms. The average Bonchev–Trinajstić information content (AvgIpc) is 2.02. The number of nitrogens with one attached hydrogen (secondary N) is 2. The van der Waals surface area contributed by atoms with Gasteiger partial charge in [-0.3, -0.25) is 0 Å². The van der Waals surface area contributed by atoms with Gasteiger partial charge < -0.3 is 5.32 Å². The molecule has 1 heterocycles. The maximum absolute atomic E-state index is 11.6. The van der Waals surface area contributed by atoms with Crippen molar-refractivity contribution in [1.82, 2.24) is 10.0 Å². The fourth-order valence-corrected chi connectivity index (χ4v) is 2.56. The quantitative estimate of drug-likeness (QED) is 0.726. The molecule has 2 unspecified atom stereocenters. The van der Waals surface area contributed by atoms with Crippen LogP contribution in [0.5, 0.6) is 0 Å². The summed E-state index contributed by atoms with van der Waals surface area (Å²) in [7, 11) is -3.10. The van der Waals surface area contributed by atoms with Gasteiger partial charge in [0.05, 0.1) is 5.25 Å². The molecule has 0 radical (unpaired) electrons. The van der Waals surface area contributed by atoms with Crippen LogP contribution in [0.1, 0.15) is 33.6 Å². The Bertz CT molecular complexity index is 275. The van der Waals surface area contributed by atoms with Crippen LogP contribution < -0.4 is 10.0 Å². The van der Waals surface area contributed by atoms with Crippen molar-refractivity contribution in [3.05, 3.63) is 0 Å². The molecule has 2 N–H and O–H groups in total. The lowest BCUT2D eigenvalue weighted by Crippen LogP contribution is -2.48. The molecule has 0 bridgehead atoms. The van der Waals surface area contributed by atoms with Crippen LogP contribution in [0.15, 0.2) is 0 Å². The Labute approximate surface area is 86.5 Å². The van der Waals surface area contributed by atoms with Gasteiger partial charge in [0.15, 0.2) is 0 Å². The van der Waals surface area contributed by atoms with Crippen LogP contribution in [0.4, 0.5) is 0 Å². The Morgan fingerprint density at radius 3 is 2.57 bits per heavy atom. The molecule has 84 valence electrons. The SMILES string of the molecule is CC1CC(NS(=O)(=O)C(C)C)CCN1. The highest BCUT2D eigenvalue weighted by Crippen LogP contribution is 2.10. The van der Waals surface area contributed by atoms with E-state index in [0.29, 0.717) is 6.04 Å². The van der Waals surface area contributed by atoms with Crippen molar-refractivity contribution in [3.8, 4) is 0 Å². The Morgan fingerprint density at radius 2 is 2.07 bits per heavy atom. The summed E-state index contributed by atoms with van der Waals surface area (Å²) >= 11 is 0. The van der Waals surface area contributed by atoms with Crippen molar-refractivity contribution in [2.24, 2.45) is 0 Å². The van der Waals surface area contributed by atoms with E-state index in [1.165, 1.54) is 0 Å². The normalized spacial score (nSPS) is 29.4. The topological polar surface area (TPSA) is 58.2 Å². The molecule has 1 aliphatic heterocycles. The van der Waals surface area contributed by atoms with E-state index in [-0.39, 0.29) is 11.3 Å². The highest BCUT2D eigenvalue weighted by molar-refractivity contribution is 7.90. The van der Waals surface area contributed by atoms with Crippen LogP contribution in [0.2, 0.25) is 0 Å². The van der Waals surface area contributed by atoms with Gasteiger partial charge in [0.2, 0.25) is 10.0 Å². The van der Waals surface area contributed by atoms with Gasteiger partial charge >= 0.3 is 0 Å². The zero-order valence-corrected chi connectivity index (χ0v) is 9.89. The van der Waals surface area contributed by atoms with Crippen molar-refractivity contribution in [2.75, 3.05) is 6.54 Å². The predicted octanol–water partition coefficient (Wildman–Crippen LogP) is 0.455. The Balaban J connectivity index is 2.52. The van der Waals surface area contributed by atoms with Gasteiger partial charge in [-0.2, -0.15) is 0 Å². The molecule has 4 nitrogen and oxygen atoms in total. The summed E-state index contributed by atoms with van der Waals surface area (Å²) in [6.45, 7) is 6.38. The van der Waals surface area contributed by atoms with E-state index in [1.54, 1.807) is 13.8 Å². The van der Waals surface area contributed by atoms with Crippen molar-refractivity contribution in [1.29, 1.82) is 0 Å². The van der Waals surface area contributed by atoms with Gasteiger partial charge in [-0.05, 0) is 40.2 Å². The Hall–Kier alpha value is -0.130. The second-order valence-corrected chi connectivity index (χ2v) is 6.56. The van der Waals surface area contributed by atoms with E-state index in [4.69, 9.17) is 0 Å². The summed E-state index contributed by atoms with van der Waals surface area (Å²) in [4.78, 5) is 0. The lowest BCUT2D eigenvalue weighted by atomic mass is 10.0. The van der Waals surface area contributed by atoms with Crippen molar-refractivity contribution in [3.63, 3.8) is 0 Å². The molecule has 5 heteroatoms. The van der Waals surface area contributed by atoms with Crippen molar-refractivity contribution in [2.45, 2.75) is 50.9 Å². The van der Waals surface area contributed by atoms with E-state index in [1.807, 2.05) is 0 Å². The Morgan fingerprint density at radius 1 is 1.43 bits per heavy atom. The van der Waals surface area contributed by atoms with Gasteiger partial charge in [-0.25, -0.2) is 13.1 Å². The lowest BCUT2D eigenvalue weighted by molar-refractivity contribution is 0.361. The fourth-order valence-electron chi connectivity index (χ4n) is 1.61. The zero-order chi connectivity index (χ0) is 10.8. The molecule has 1 saturated heterocycles. The van der Waals surface area contributed by atoms with Crippen molar-refractivity contribution < 1.29 is 8.42 Å². The third-order valence-electron chi connectivity index (χ3n) is 2.58. The highest BCUT2D eigenvalue weighted by atomic mass is 32.2. The van der Waals surface area contributed by atoms with E-state index < -0.39 is 10.0 Å². The first-order chi connectivity index (χ1) is 6.42. The molecule has 0 aromatic heterocycles. The Kier molecular flexibility index (Phi) is 3.92. The van der Waals surface area contributed by atoms with Crippen LogP contribution in [0.25, 0.3) is 0 Å². The first-order valence-corrected chi connectivity index (χ1v) is 6.71. The minimum Gasteiger partial charge on any atom is -0.314 e. The molecular weight excluding hydrogens is 200 g/mol. The first kappa shape index (κ1) is 11.9. The standard InChI is InChI=1S/C9H20N2O2S/c1-7(2)14(12,13)11-9-4-5-10-8(3)6-9/h7-11H,4-6H2,1-3H3. The smallest absolute Gasteiger partial charge is 0.214 e. The fraction of sp³-hybridized carbons (Fsp3) is 1.00. The lowest BCUT2D eigenvalue weighted by Gasteiger charge is -2.29. The van der Waals surface area contributed by atoms with Crippen LogP contribution >= 0.6 is 0 Å². The van der Waals surface area contributed by atoms with E-state index in [9.17, 15) is 8.42 Å². The molecule has 2 atom stereocenters. The molecule has 0 aliphatic carbocycles. The van der Waals surface area contributed by atoms with E-state index in [0.717, 1.165) is 19.4 Å². The van der Waals surface area contributed by atoms with Gasteiger partial charge in [-0.1, -0.05) is 0 Å². The van der Waals surface area contributed by atoms with Crippen LogP contribution in [0, 0.1) is 0 Å². The third-order valence-corrected chi connectivity index (χ3v) is 4.48. The molecule has 0 aromatic carbocycles. The number of hydrogen-bond donors (Lipinski definition) is 2. The maximum Gasteiger partial charge on any atom is 0.214 e. The number of hydrogen-bond acceptors (Lipinski definition) is 3. The molecule has 1 fully saturated rings. The van der Waals surface area contributed by atoms with Gasteiger partial charge in [0, 0.05) is 12.1 Å². The zero-order valence-electron chi connectivity index (χ0n) is 9.08. The van der Waals surface area contributed by atoms with Crippen LogP contribution in [0.3, 0.4) is 0 Å². The molecule has 0 aromatic rings. The first-order valence-electron chi connectivity index (χ1n) is 5.16. The van der Waals surface area contributed by atoms with Gasteiger partial charge in [0.25, 0.3) is 0 Å². The number of piperidine rings is 1. The van der Waals surface area contributed by atoms with Crippen LogP contribution in [-0.4, -0.2) is 32.3 Å². The predicted molar refractivity (Wildman–Crippen MR) is 57.7 cm³/mol. The second-order valence-electron chi connectivity index (χ2n) is 4.29. The third kappa shape index (κ3) is 3.22. The average molecular weight is 220 g/mol. The summed E-state index contributed by atoms with van der Waals surface area (Å²) in [6.07, 6.45) is 1.77. The number of rotatable bonds is 3. The summed E-state index contributed by atoms with van der Waals surface area (Å²) in [5.41, 5.74) is 0. The largest absolute Gasteiger partial charge is 0.314 e. The molecular formula is C9H20N2O2S. The van der Waals surface area contributed by atoms with Gasteiger partial charge in [0.1, 0.15) is 0 Å². The molecule has 1 aliphatic rings. The summed E-state index contributed by atoms with van der Waals surface area (Å²) in [5, 5.41) is 2.95. The molecule has 0 saturated carbocycles. The van der Waals surface area contributed by atoms with Gasteiger partial charge in [-0.15, -0.1) is 0 Å².